The third kappa shape index (κ3) is 9.23. The van der Waals surface area contributed by atoms with Crippen molar-refractivity contribution >= 4 is 0 Å². The smallest absolute Gasteiger partial charge is 0.231 e. The van der Waals surface area contributed by atoms with Gasteiger partial charge in [0.2, 0.25) is 11.8 Å². The van der Waals surface area contributed by atoms with Gasteiger partial charge in [0.15, 0.2) is 0 Å². The van der Waals surface area contributed by atoms with E-state index >= 15 is 0 Å². The first-order valence-corrected chi connectivity index (χ1v) is 11.5. The predicted octanol–water partition coefficient (Wildman–Crippen LogP) is 4.92. The summed E-state index contributed by atoms with van der Waals surface area (Å²) in [4.78, 5) is 4.05. The van der Waals surface area contributed by atoms with E-state index in [1.54, 1.807) is 0 Å². The van der Waals surface area contributed by atoms with E-state index in [0.29, 0.717) is 12.8 Å². The van der Waals surface area contributed by atoms with E-state index in [2.05, 4.69) is 27.7 Å². The Morgan fingerprint density at radius 1 is 0.556 bits per heavy atom. The van der Waals surface area contributed by atoms with Crippen LogP contribution in [-0.2, 0) is 4.74 Å². The number of nitrogens with zero attached hydrogens (tertiary/aromatic N) is 2. The Kier molecular flexibility index (Phi) is 14.6. The van der Waals surface area contributed by atoms with Crippen molar-refractivity contribution in [3.05, 3.63) is 0 Å². The van der Waals surface area contributed by atoms with Crippen molar-refractivity contribution in [3.8, 4) is 0 Å². The fourth-order valence-electron chi connectivity index (χ4n) is 3.30. The molecule has 0 aromatic carbocycles. The standard InChI is InChI=1S/C22H48N2O3/c1-7-13-17-23(18-14-8-2)21(25,11-5)27-22(26,12-6)24(19-15-9-3)20-16-10-4/h25-26H,7-20H2,1-6H3. The largest absolute Gasteiger partial charge is 0.353 e. The Balaban J connectivity index is 5.50. The number of hydrogen-bond donors (Lipinski definition) is 2. The molecule has 27 heavy (non-hydrogen) atoms. The van der Waals surface area contributed by atoms with Crippen molar-refractivity contribution in [2.45, 2.75) is 118 Å². The zero-order valence-corrected chi connectivity index (χ0v) is 19.1. The molecule has 0 spiro atoms. The summed E-state index contributed by atoms with van der Waals surface area (Å²) in [5.41, 5.74) is 0. The van der Waals surface area contributed by atoms with Gasteiger partial charge in [-0.2, -0.15) is 0 Å². The van der Waals surface area contributed by atoms with Crippen molar-refractivity contribution < 1.29 is 14.9 Å². The molecule has 0 saturated carbocycles. The molecule has 0 aromatic rings. The van der Waals surface area contributed by atoms with Crippen LogP contribution in [0.25, 0.3) is 0 Å². The van der Waals surface area contributed by atoms with E-state index in [9.17, 15) is 10.2 Å². The minimum absolute atomic E-state index is 0.429. The lowest BCUT2D eigenvalue weighted by Gasteiger charge is -2.47. The van der Waals surface area contributed by atoms with E-state index in [1.165, 1.54) is 0 Å². The molecule has 2 atom stereocenters. The Morgan fingerprint density at radius 2 is 0.815 bits per heavy atom. The minimum atomic E-state index is -1.44. The molecule has 0 aliphatic rings. The highest BCUT2D eigenvalue weighted by atomic mass is 16.7. The maximum absolute atomic E-state index is 11.4. The summed E-state index contributed by atoms with van der Waals surface area (Å²) in [5, 5.41) is 22.8. The molecule has 2 unspecified atom stereocenters. The van der Waals surface area contributed by atoms with E-state index in [0.717, 1.165) is 77.5 Å². The lowest BCUT2D eigenvalue weighted by Crippen LogP contribution is -2.61. The summed E-state index contributed by atoms with van der Waals surface area (Å²) < 4.78 is 6.20. The third-order valence-corrected chi connectivity index (χ3v) is 5.36. The number of unbranched alkanes of at least 4 members (excludes halogenated alkanes) is 4. The molecule has 0 bridgehead atoms. The van der Waals surface area contributed by atoms with Crippen LogP contribution in [0.5, 0.6) is 0 Å². The zero-order chi connectivity index (χ0) is 20.8. The van der Waals surface area contributed by atoms with Crippen molar-refractivity contribution in [2.24, 2.45) is 0 Å². The molecule has 0 aliphatic heterocycles. The first-order valence-electron chi connectivity index (χ1n) is 11.5. The first kappa shape index (κ1) is 26.8. The van der Waals surface area contributed by atoms with E-state index < -0.39 is 11.8 Å². The van der Waals surface area contributed by atoms with E-state index in [4.69, 9.17) is 4.74 Å². The van der Waals surface area contributed by atoms with Gasteiger partial charge in [0.05, 0.1) is 0 Å². The minimum Gasteiger partial charge on any atom is -0.353 e. The van der Waals surface area contributed by atoms with Gasteiger partial charge < -0.3 is 10.2 Å². The molecule has 2 N–H and O–H groups in total. The molecule has 0 radical (unpaired) electrons. The van der Waals surface area contributed by atoms with Crippen LogP contribution in [0.1, 0.15) is 106 Å². The van der Waals surface area contributed by atoms with Gasteiger partial charge in [0, 0.05) is 39.0 Å². The van der Waals surface area contributed by atoms with Crippen LogP contribution in [0.4, 0.5) is 0 Å². The molecular formula is C22H48N2O3. The quantitative estimate of drug-likeness (QED) is 0.326. The van der Waals surface area contributed by atoms with Gasteiger partial charge in [0.25, 0.3) is 0 Å². The number of aliphatic hydroxyl groups is 2. The molecule has 0 aromatic heterocycles. The summed E-state index contributed by atoms with van der Waals surface area (Å²) in [6.45, 7) is 15.6. The van der Waals surface area contributed by atoms with Gasteiger partial charge >= 0.3 is 0 Å². The van der Waals surface area contributed by atoms with Gasteiger partial charge in [-0.15, -0.1) is 0 Å². The lowest BCUT2D eigenvalue weighted by atomic mass is 10.2. The Morgan fingerprint density at radius 3 is 1.00 bits per heavy atom. The number of rotatable bonds is 18. The predicted molar refractivity (Wildman–Crippen MR) is 114 cm³/mol. The SMILES string of the molecule is CCCCN(CCCC)C(O)(CC)OC(O)(CC)N(CCCC)CCCC. The lowest BCUT2D eigenvalue weighted by molar-refractivity contribution is -0.424. The fraction of sp³-hybridized carbons (Fsp3) is 1.00. The highest BCUT2D eigenvalue weighted by Crippen LogP contribution is 2.30. The van der Waals surface area contributed by atoms with Crippen LogP contribution in [0.3, 0.4) is 0 Å². The van der Waals surface area contributed by atoms with Crippen LogP contribution in [0.15, 0.2) is 0 Å². The van der Waals surface area contributed by atoms with Crippen LogP contribution in [0.2, 0.25) is 0 Å². The molecule has 0 rings (SSSR count). The Hall–Kier alpha value is -0.200. The summed E-state index contributed by atoms with van der Waals surface area (Å²) in [5.74, 6) is -2.88. The van der Waals surface area contributed by atoms with Gasteiger partial charge in [-0.25, -0.2) is 0 Å². The van der Waals surface area contributed by atoms with Gasteiger partial charge in [-0.3, -0.25) is 14.5 Å². The normalized spacial score (nSPS) is 16.7. The Bertz CT molecular complexity index is 308. The zero-order valence-electron chi connectivity index (χ0n) is 19.1. The fourth-order valence-corrected chi connectivity index (χ4v) is 3.30. The van der Waals surface area contributed by atoms with Gasteiger partial charge in [-0.1, -0.05) is 67.2 Å². The molecule has 0 amide bonds. The van der Waals surface area contributed by atoms with Crippen molar-refractivity contribution in [2.75, 3.05) is 26.2 Å². The first-order chi connectivity index (χ1) is 12.9. The summed E-state index contributed by atoms with van der Waals surface area (Å²) in [6.07, 6.45) is 9.17. The molecule has 0 heterocycles. The van der Waals surface area contributed by atoms with Crippen LogP contribution in [-0.4, -0.2) is 58.0 Å². The summed E-state index contributed by atoms with van der Waals surface area (Å²) in [7, 11) is 0. The average molecular weight is 389 g/mol. The third-order valence-electron chi connectivity index (χ3n) is 5.36. The molecule has 0 fully saturated rings. The summed E-state index contributed by atoms with van der Waals surface area (Å²) >= 11 is 0. The topological polar surface area (TPSA) is 56.2 Å². The van der Waals surface area contributed by atoms with Gasteiger partial charge in [-0.05, 0) is 25.7 Å². The molecule has 5 nitrogen and oxygen atoms in total. The van der Waals surface area contributed by atoms with E-state index in [-0.39, 0.29) is 0 Å². The monoisotopic (exact) mass is 388 g/mol. The Labute approximate surface area is 169 Å². The molecule has 164 valence electrons. The van der Waals surface area contributed by atoms with Gasteiger partial charge in [0.1, 0.15) is 0 Å². The average Bonchev–Trinajstić information content (AvgIpc) is 2.67. The number of ether oxygens (including phenoxy) is 1. The maximum Gasteiger partial charge on any atom is 0.231 e. The second-order valence-electron chi connectivity index (χ2n) is 7.68. The number of hydrogen-bond acceptors (Lipinski definition) is 5. The van der Waals surface area contributed by atoms with Crippen molar-refractivity contribution in [3.63, 3.8) is 0 Å². The van der Waals surface area contributed by atoms with Crippen molar-refractivity contribution in [1.82, 2.24) is 9.80 Å². The molecule has 0 saturated heterocycles. The molecular weight excluding hydrogens is 340 g/mol. The van der Waals surface area contributed by atoms with Crippen molar-refractivity contribution in [1.29, 1.82) is 0 Å². The highest BCUT2D eigenvalue weighted by Gasteiger charge is 2.44. The molecule has 0 aliphatic carbocycles. The second kappa shape index (κ2) is 14.7. The second-order valence-corrected chi connectivity index (χ2v) is 7.68. The van der Waals surface area contributed by atoms with Crippen LogP contribution < -0.4 is 0 Å². The molecule has 5 heteroatoms. The van der Waals surface area contributed by atoms with Crippen LogP contribution in [0, 0.1) is 0 Å². The highest BCUT2D eigenvalue weighted by molar-refractivity contribution is 4.77. The summed E-state index contributed by atoms with van der Waals surface area (Å²) in [6, 6.07) is 0. The van der Waals surface area contributed by atoms with E-state index in [1.807, 2.05) is 23.6 Å². The van der Waals surface area contributed by atoms with Crippen LogP contribution >= 0.6 is 0 Å². The maximum atomic E-state index is 11.4.